The number of nitrogens with zero attached hydrogens (tertiary/aromatic N) is 2. The van der Waals surface area contributed by atoms with Gasteiger partial charge in [0.2, 0.25) is 0 Å². The Bertz CT molecular complexity index is 1420. The molecule has 0 radical (unpaired) electrons. The number of carboxylic acid groups (broad SMARTS) is 1. The Morgan fingerprint density at radius 3 is 2.31 bits per heavy atom. The first kappa shape index (κ1) is 28.3. The zero-order valence-corrected chi connectivity index (χ0v) is 24.0. The second-order valence-corrected chi connectivity index (χ2v) is 10.1. The molecule has 1 heterocycles. The number of hydrogen-bond donors (Lipinski definition) is 1. The molecule has 3 aromatic carbocycles. The number of carbonyl (C=O) groups excluding carboxylic acids is 1. The van der Waals surface area contributed by atoms with Gasteiger partial charge in [-0.05, 0) is 95.6 Å². The predicted molar refractivity (Wildman–Crippen MR) is 156 cm³/mol. The van der Waals surface area contributed by atoms with Crippen LogP contribution < -0.4 is 14.2 Å². The summed E-state index contributed by atoms with van der Waals surface area (Å²) in [4.78, 5) is 31.7. The molecule has 1 amide bonds. The van der Waals surface area contributed by atoms with Crippen molar-refractivity contribution in [1.29, 1.82) is 0 Å². The van der Waals surface area contributed by atoms with Crippen molar-refractivity contribution >= 4 is 56.5 Å². The Morgan fingerprint density at radius 1 is 1.03 bits per heavy atom. The van der Waals surface area contributed by atoms with E-state index in [4.69, 9.17) is 19.2 Å². The van der Waals surface area contributed by atoms with Gasteiger partial charge in [0.15, 0.2) is 5.17 Å². The maximum atomic E-state index is 13.7. The van der Waals surface area contributed by atoms with Crippen LogP contribution in [0.15, 0.2) is 75.0 Å². The van der Waals surface area contributed by atoms with E-state index in [1.807, 2.05) is 38.1 Å². The van der Waals surface area contributed by atoms with Crippen LogP contribution in [-0.4, -0.2) is 47.4 Å². The molecule has 202 valence electrons. The quantitative estimate of drug-likeness (QED) is 0.253. The van der Waals surface area contributed by atoms with Gasteiger partial charge in [0, 0.05) is 11.6 Å². The minimum atomic E-state index is -1.01. The first-order valence-electron chi connectivity index (χ1n) is 12.2. The molecule has 0 spiro atoms. The minimum absolute atomic E-state index is 0.179. The summed E-state index contributed by atoms with van der Waals surface area (Å²) in [5, 5.41) is 9.72. The van der Waals surface area contributed by atoms with Crippen LogP contribution in [0.3, 0.4) is 0 Å². The van der Waals surface area contributed by atoms with Crippen molar-refractivity contribution in [1.82, 2.24) is 4.90 Å². The van der Waals surface area contributed by atoms with Gasteiger partial charge in [-0.15, -0.1) is 0 Å². The second kappa shape index (κ2) is 12.9. The molecule has 0 saturated carbocycles. The van der Waals surface area contributed by atoms with Gasteiger partial charge in [-0.25, -0.2) is 9.79 Å². The molecule has 0 aromatic heterocycles. The summed E-state index contributed by atoms with van der Waals surface area (Å²) in [7, 11) is 1.59. The van der Waals surface area contributed by atoms with E-state index in [9.17, 15) is 14.7 Å². The third-order valence-electron chi connectivity index (χ3n) is 5.68. The number of ether oxygens (including phenoxy) is 3. The van der Waals surface area contributed by atoms with Crippen molar-refractivity contribution in [3.05, 3.63) is 86.7 Å². The fourth-order valence-corrected chi connectivity index (χ4v) is 5.25. The highest BCUT2D eigenvalue weighted by Crippen LogP contribution is 2.39. The third-order valence-corrected chi connectivity index (χ3v) is 7.30. The molecule has 1 fully saturated rings. The summed E-state index contributed by atoms with van der Waals surface area (Å²) in [6.45, 7) is 4.98. The van der Waals surface area contributed by atoms with Crippen LogP contribution in [0.4, 0.5) is 5.69 Å². The number of thioether (sulfide) groups is 1. The summed E-state index contributed by atoms with van der Waals surface area (Å²) in [6.07, 6.45) is 1.79. The van der Waals surface area contributed by atoms with E-state index in [1.165, 1.54) is 23.9 Å². The number of carboxylic acids is 1. The van der Waals surface area contributed by atoms with Crippen molar-refractivity contribution in [2.24, 2.45) is 4.99 Å². The van der Waals surface area contributed by atoms with Gasteiger partial charge in [-0.2, -0.15) is 0 Å². The number of aromatic carboxylic acids is 1. The molecule has 0 bridgehead atoms. The highest BCUT2D eigenvalue weighted by Gasteiger charge is 2.34. The number of carbonyl (C=O) groups is 2. The molecule has 8 nitrogen and oxygen atoms in total. The van der Waals surface area contributed by atoms with Crippen molar-refractivity contribution in [2.75, 3.05) is 20.3 Å². The number of methoxy groups -OCH3 is 1. The van der Waals surface area contributed by atoms with Crippen molar-refractivity contribution < 1.29 is 28.9 Å². The van der Waals surface area contributed by atoms with Crippen LogP contribution in [0.1, 0.15) is 35.3 Å². The molecule has 39 heavy (non-hydrogen) atoms. The van der Waals surface area contributed by atoms with E-state index < -0.39 is 5.97 Å². The van der Waals surface area contributed by atoms with Crippen molar-refractivity contribution in [3.63, 3.8) is 0 Å². The summed E-state index contributed by atoms with van der Waals surface area (Å²) >= 11 is 4.81. The van der Waals surface area contributed by atoms with E-state index >= 15 is 0 Å². The smallest absolute Gasteiger partial charge is 0.335 e. The standard InChI is InChI=1S/C29H27BrN2O6S/c1-4-37-24-16-25(38-5-2)23(30)14-20(24)15-26-27(33)32(17-18-6-8-19(9-7-18)28(34)35)29(39-26)31-21-10-12-22(36-3)13-11-21/h6-16H,4-5,17H2,1-3H3,(H,34,35)/b26-15-,31-29?. The Kier molecular flexibility index (Phi) is 9.32. The number of rotatable bonds is 10. The molecule has 1 saturated heterocycles. The molecule has 1 aliphatic rings. The maximum absolute atomic E-state index is 13.7. The zero-order valence-electron chi connectivity index (χ0n) is 21.6. The molecule has 1 aliphatic heterocycles. The van der Waals surface area contributed by atoms with E-state index in [0.717, 1.165) is 15.6 Å². The Balaban J connectivity index is 1.73. The number of benzene rings is 3. The molecule has 0 aliphatic carbocycles. The Hall–Kier alpha value is -3.76. The largest absolute Gasteiger partial charge is 0.497 e. The fourth-order valence-electron chi connectivity index (χ4n) is 3.78. The normalized spacial score (nSPS) is 15.2. The monoisotopic (exact) mass is 610 g/mol. The first-order valence-corrected chi connectivity index (χ1v) is 13.8. The zero-order chi connectivity index (χ0) is 27.9. The van der Waals surface area contributed by atoms with Gasteiger partial charge >= 0.3 is 5.97 Å². The van der Waals surface area contributed by atoms with Gasteiger partial charge in [0.1, 0.15) is 17.2 Å². The van der Waals surface area contributed by atoms with Gasteiger partial charge in [-0.3, -0.25) is 9.69 Å². The van der Waals surface area contributed by atoms with Gasteiger partial charge in [-0.1, -0.05) is 12.1 Å². The molecule has 4 rings (SSSR count). The number of amidine groups is 1. The van der Waals surface area contributed by atoms with Gasteiger partial charge in [0.25, 0.3) is 5.91 Å². The summed E-state index contributed by atoms with van der Waals surface area (Å²) in [5.74, 6) is 0.729. The van der Waals surface area contributed by atoms with Crippen LogP contribution >= 0.6 is 27.7 Å². The molecular formula is C29H27BrN2O6S. The van der Waals surface area contributed by atoms with Crippen LogP contribution in [-0.2, 0) is 11.3 Å². The van der Waals surface area contributed by atoms with Crippen molar-refractivity contribution in [3.8, 4) is 17.2 Å². The third kappa shape index (κ3) is 6.82. The minimum Gasteiger partial charge on any atom is -0.497 e. The van der Waals surface area contributed by atoms with E-state index in [1.54, 1.807) is 42.4 Å². The molecule has 0 atom stereocenters. The highest BCUT2D eigenvalue weighted by molar-refractivity contribution is 9.10. The first-order chi connectivity index (χ1) is 18.8. The summed E-state index contributed by atoms with van der Waals surface area (Å²) in [5.41, 5.74) is 2.34. The average Bonchev–Trinajstić information content (AvgIpc) is 3.21. The number of halogens is 1. The van der Waals surface area contributed by atoms with Crippen LogP contribution in [0.5, 0.6) is 17.2 Å². The number of hydrogen-bond acceptors (Lipinski definition) is 7. The lowest BCUT2D eigenvalue weighted by atomic mass is 10.1. The lowest BCUT2D eigenvalue weighted by Crippen LogP contribution is -2.28. The Morgan fingerprint density at radius 2 is 1.69 bits per heavy atom. The van der Waals surface area contributed by atoms with Gasteiger partial charge < -0.3 is 19.3 Å². The summed E-state index contributed by atoms with van der Waals surface area (Å²) in [6, 6.07) is 17.4. The average molecular weight is 612 g/mol. The molecule has 10 heteroatoms. The maximum Gasteiger partial charge on any atom is 0.335 e. The SMILES string of the molecule is CCOc1cc(OCC)c(/C=C2\SC(=Nc3ccc(OC)cc3)N(Cc3ccc(C(=O)O)cc3)C2=O)cc1Br. The summed E-state index contributed by atoms with van der Waals surface area (Å²) < 4.78 is 17.5. The lowest BCUT2D eigenvalue weighted by Gasteiger charge is -2.16. The number of amides is 1. The van der Waals surface area contributed by atoms with E-state index in [2.05, 4.69) is 15.9 Å². The van der Waals surface area contributed by atoms with E-state index in [-0.39, 0.29) is 18.0 Å². The van der Waals surface area contributed by atoms with Crippen LogP contribution in [0.25, 0.3) is 6.08 Å². The van der Waals surface area contributed by atoms with Crippen molar-refractivity contribution in [2.45, 2.75) is 20.4 Å². The highest BCUT2D eigenvalue weighted by atomic mass is 79.9. The predicted octanol–water partition coefficient (Wildman–Crippen LogP) is 6.76. The molecule has 1 N–H and O–H groups in total. The Labute approximate surface area is 239 Å². The van der Waals surface area contributed by atoms with Gasteiger partial charge in [0.05, 0.1) is 47.5 Å². The fraction of sp³-hybridized carbons (Fsp3) is 0.207. The molecule has 3 aromatic rings. The number of aliphatic imine (C=N–C) groups is 1. The van der Waals surface area contributed by atoms with Crippen LogP contribution in [0, 0.1) is 0 Å². The molecular weight excluding hydrogens is 584 g/mol. The topological polar surface area (TPSA) is 97.7 Å². The molecule has 0 unspecified atom stereocenters. The van der Waals surface area contributed by atoms with E-state index in [0.29, 0.717) is 46.2 Å². The lowest BCUT2D eigenvalue weighted by molar-refractivity contribution is -0.122. The van der Waals surface area contributed by atoms with Crippen LogP contribution in [0.2, 0.25) is 0 Å². The second-order valence-electron chi connectivity index (χ2n) is 8.28.